The van der Waals surface area contributed by atoms with Gasteiger partial charge in [-0.05, 0) is 112 Å². The molecule has 0 bridgehead atoms. The zero-order chi connectivity index (χ0) is 49.2. The number of benzene rings is 4. The Morgan fingerprint density at radius 3 is 2.21 bits per heavy atom. The highest BCUT2D eigenvalue weighted by atomic mass is 35.5. The molecule has 0 radical (unpaired) electrons. The van der Waals surface area contributed by atoms with Crippen molar-refractivity contribution in [3.05, 3.63) is 124 Å². The minimum Gasteiger partial charge on any atom is -0.380 e. The molecule has 2 atom stereocenters. The van der Waals surface area contributed by atoms with E-state index in [4.69, 9.17) is 23.2 Å². The molecule has 11 nitrogen and oxygen atoms in total. The third-order valence-electron chi connectivity index (χ3n) is 12.1. The van der Waals surface area contributed by atoms with Crippen molar-refractivity contribution in [3.63, 3.8) is 0 Å². The summed E-state index contributed by atoms with van der Waals surface area (Å²) in [5, 5.41) is 3.95. The summed E-state index contributed by atoms with van der Waals surface area (Å²) in [6.07, 6.45) is -3.33. The van der Waals surface area contributed by atoms with Gasteiger partial charge in [0.05, 0.1) is 21.3 Å². The van der Waals surface area contributed by atoms with Crippen molar-refractivity contribution in [2.45, 2.75) is 83.6 Å². The van der Waals surface area contributed by atoms with Crippen LogP contribution in [0.2, 0.25) is 10.0 Å². The monoisotopic (exact) mass is 1040 g/mol. The number of sulfonamides is 1. The highest BCUT2D eigenvalue weighted by Crippen LogP contribution is 2.40. The minimum absolute atomic E-state index is 0.0270. The second-order valence-electron chi connectivity index (χ2n) is 17.0. The maximum Gasteiger partial charge on any atom is 0.501 e. The van der Waals surface area contributed by atoms with Gasteiger partial charge in [-0.25, -0.2) is 26.8 Å². The van der Waals surface area contributed by atoms with Gasteiger partial charge < -0.3 is 10.2 Å². The summed E-state index contributed by atoms with van der Waals surface area (Å²) < 4.78 is 142. The molecule has 5 aromatic rings. The molecule has 366 valence electrons. The Hall–Kier alpha value is -4.15. The van der Waals surface area contributed by atoms with E-state index in [1.807, 2.05) is 50.9 Å². The molecule has 1 aromatic heterocycles. The quantitative estimate of drug-likeness (QED) is 0.0724. The van der Waals surface area contributed by atoms with E-state index in [1.165, 1.54) is 11.8 Å². The molecule has 0 spiro atoms. The highest BCUT2D eigenvalue weighted by Gasteiger charge is 2.49. The number of piperidine rings is 1. The van der Waals surface area contributed by atoms with Crippen molar-refractivity contribution in [2.75, 3.05) is 56.1 Å². The zero-order valence-corrected chi connectivity index (χ0v) is 41.0. The van der Waals surface area contributed by atoms with Gasteiger partial charge in [-0.15, -0.1) is 11.8 Å². The highest BCUT2D eigenvalue weighted by molar-refractivity contribution is 7.99. The van der Waals surface area contributed by atoms with Crippen molar-refractivity contribution in [2.24, 2.45) is 0 Å². The van der Waals surface area contributed by atoms with E-state index < -0.39 is 64.7 Å². The van der Waals surface area contributed by atoms with Crippen molar-refractivity contribution in [1.29, 1.82) is 0 Å². The summed E-state index contributed by atoms with van der Waals surface area (Å²) in [7, 11) is -7.69. The van der Waals surface area contributed by atoms with E-state index in [9.17, 15) is 43.2 Å². The molecule has 2 aliphatic heterocycles. The van der Waals surface area contributed by atoms with Crippen LogP contribution in [0, 0.1) is 0 Å². The molecule has 2 N–H and O–H groups in total. The average Bonchev–Trinajstić information content (AvgIpc) is 3.29. The third kappa shape index (κ3) is 12.1. The number of likely N-dealkylation sites (tertiary alicyclic amines) is 1. The van der Waals surface area contributed by atoms with E-state index in [0.29, 0.717) is 66.4 Å². The van der Waals surface area contributed by atoms with Crippen LogP contribution in [0.5, 0.6) is 0 Å². The van der Waals surface area contributed by atoms with Crippen LogP contribution < -0.4 is 10.0 Å². The summed E-state index contributed by atoms with van der Waals surface area (Å²) in [6.45, 7) is 4.26. The van der Waals surface area contributed by atoms with Gasteiger partial charge in [-0.3, -0.25) is 14.5 Å². The van der Waals surface area contributed by atoms with E-state index in [0.717, 1.165) is 28.8 Å². The number of aromatic nitrogens is 2. The average molecular weight is 1050 g/mol. The normalized spacial score (nSPS) is 16.6. The fraction of sp³-hybridized carbons (Fsp3) is 0.391. The van der Waals surface area contributed by atoms with Crippen LogP contribution in [0.3, 0.4) is 0 Å². The molecule has 3 heterocycles. The molecule has 2 aliphatic rings. The van der Waals surface area contributed by atoms with Gasteiger partial charge in [-0.1, -0.05) is 71.7 Å². The molecule has 0 aliphatic carbocycles. The first-order valence-corrected chi connectivity index (χ1v) is 26.3. The molecule has 0 unspecified atom stereocenters. The molecule has 1 saturated heterocycles. The van der Waals surface area contributed by atoms with Gasteiger partial charge in [-0.2, -0.15) is 26.3 Å². The number of rotatable bonds is 16. The van der Waals surface area contributed by atoms with Crippen LogP contribution in [0.25, 0.3) is 11.1 Å². The first-order chi connectivity index (χ1) is 32.0. The molecule has 0 saturated carbocycles. The maximum absolute atomic E-state index is 14.4. The summed E-state index contributed by atoms with van der Waals surface area (Å²) in [5.74, 6) is -2.09. The van der Waals surface area contributed by atoms with Gasteiger partial charge in [0.25, 0.3) is 19.9 Å². The van der Waals surface area contributed by atoms with Crippen LogP contribution in [-0.2, 0) is 39.0 Å². The van der Waals surface area contributed by atoms with E-state index in [1.54, 1.807) is 38.4 Å². The van der Waals surface area contributed by atoms with Crippen molar-refractivity contribution in [3.8, 4) is 11.1 Å². The second-order valence-corrected chi connectivity index (χ2v) is 22.5. The van der Waals surface area contributed by atoms with E-state index >= 15 is 0 Å². The van der Waals surface area contributed by atoms with E-state index in [2.05, 4.69) is 39.2 Å². The van der Waals surface area contributed by atoms with Gasteiger partial charge in [0.15, 0.2) is 0 Å². The Morgan fingerprint density at radius 2 is 1.54 bits per heavy atom. The lowest BCUT2D eigenvalue weighted by atomic mass is 9.92. The number of halogens is 8. The lowest BCUT2D eigenvalue weighted by Crippen LogP contribution is -2.47. The standard InChI is InChI=1S/C46H49Cl2F6N7O4S3/c1-29(35-8-4-5-9-36(35)30-12-14-31(47)15-13-30)60-23-19-33(20-24-60)61-25-21-37-40(27-61)56-44(45(49,50)51)57-43(37)58-68(64,65)34-16-17-39(42(26-34)67(62,63)46(52,53)54)55-32(18-22-59(2)3)28-66-41-11-7-6-10-38(41)48/h4-17,26,29,32-33,55H,18-25,27-28H2,1-3H3,(H,56,57,58)/t29-,32+/m0/s1. The van der Waals surface area contributed by atoms with Crippen molar-refractivity contribution in [1.82, 2.24) is 24.7 Å². The van der Waals surface area contributed by atoms with Gasteiger partial charge >= 0.3 is 11.7 Å². The number of nitrogens with zero attached hydrogens (tertiary/aromatic N) is 5. The Kier molecular flexibility index (Phi) is 16.0. The minimum atomic E-state index is -6.19. The summed E-state index contributed by atoms with van der Waals surface area (Å²) in [5.41, 5.74) is -3.08. The largest absolute Gasteiger partial charge is 0.501 e. The van der Waals surface area contributed by atoms with Gasteiger partial charge in [0.2, 0.25) is 5.82 Å². The molecule has 22 heteroatoms. The topological polar surface area (TPSA) is 128 Å². The van der Waals surface area contributed by atoms with Gasteiger partial charge in [0, 0.05) is 65.5 Å². The molecular weight excluding hydrogens is 996 g/mol. The smallest absolute Gasteiger partial charge is 0.380 e. The predicted molar refractivity (Wildman–Crippen MR) is 254 cm³/mol. The number of fused-ring (bicyclic) bond motifs is 1. The zero-order valence-electron chi connectivity index (χ0n) is 37.1. The Balaban J connectivity index is 1.12. The van der Waals surface area contributed by atoms with Gasteiger partial charge in [0.1, 0.15) is 10.7 Å². The van der Waals surface area contributed by atoms with Crippen LogP contribution in [-0.4, -0.2) is 105 Å². The SMILES string of the molecule is C[C@@H](c1ccccc1-c1ccc(Cl)cc1)N1CCC(N2CCc3c(nc(C(F)(F)F)nc3NS(=O)(=O)c3ccc(N[C@H](CCN(C)C)CSc4ccccc4Cl)c(S(=O)(=O)C(F)(F)F)c3)C2)CC1. The van der Waals surface area contributed by atoms with Crippen LogP contribution >= 0.6 is 35.0 Å². The number of nitrogens with one attached hydrogen (secondary N) is 2. The number of hydrogen-bond acceptors (Lipinski definition) is 11. The lowest BCUT2D eigenvalue weighted by Gasteiger charge is -2.42. The summed E-state index contributed by atoms with van der Waals surface area (Å²) in [4.78, 5) is 12.0. The molecular formula is C46H49Cl2F6N7O4S3. The number of thioether (sulfide) groups is 1. The Bertz CT molecular complexity index is 2820. The molecule has 1 fully saturated rings. The third-order valence-corrected chi connectivity index (χ3v) is 16.9. The second kappa shape index (κ2) is 21.1. The Morgan fingerprint density at radius 1 is 0.868 bits per heavy atom. The molecule has 4 aromatic carbocycles. The van der Waals surface area contributed by atoms with Crippen LogP contribution in [0.1, 0.15) is 54.9 Å². The number of anilines is 2. The number of hydrogen-bond donors (Lipinski definition) is 2. The molecule has 68 heavy (non-hydrogen) atoms. The lowest BCUT2D eigenvalue weighted by molar-refractivity contribution is -0.145. The summed E-state index contributed by atoms with van der Waals surface area (Å²) in [6, 6.07) is 24.2. The molecule has 7 rings (SSSR count). The van der Waals surface area contributed by atoms with Crippen LogP contribution in [0.15, 0.2) is 106 Å². The van der Waals surface area contributed by atoms with Crippen molar-refractivity contribution >= 4 is 66.3 Å². The number of alkyl halides is 6. The first kappa shape index (κ1) is 51.7. The summed E-state index contributed by atoms with van der Waals surface area (Å²) >= 11 is 13.8. The molecule has 0 amide bonds. The Labute approximate surface area is 406 Å². The fourth-order valence-electron chi connectivity index (χ4n) is 8.47. The fourth-order valence-corrected chi connectivity index (χ4v) is 12.0. The number of sulfone groups is 1. The maximum atomic E-state index is 14.4. The van der Waals surface area contributed by atoms with E-state index in [-0.39, 0.29) is 42.1 Å². The van der Waals surface area contributed by atoms with Crippen molar-refractivity contribution < 1.29 is 43.2 Å². The first-order valence-electron chi connectivity index (χ1n) is 21.6. The predicted octanol–water partition coefficient (Wildman–Crippen LogP) is 10.7. The van der Waals surface area contributed by atoms with Crippen LogP contribution in [0.4, 0.5) is 37.8 Å².